The SMILES string of the molecule is COc1cccc(S(=O)(=O)N2CCN(c3cc(-n4ccc(C)n4)ncn3)CC2)c1. The van der Waals surface area contributed by atoms with Crippen molar-refractivity contribution in [2.45, 2.75) is 11.8 Å². The van der Waals surface area contributed by atoms with Crippen molar-refractivity contribution in [2.75, 3.05) is 38.2 Å². The third-order valence-electron chi connectivity index (χ3n) is 4.84. The fourth-order valence-corrected chi connectivity index (χ4v) is 4.70. The van der Waals surface area contributed by atoms with Crippen molar-refractivity contribution >= 4 is 15.8 Å². The number of aryl methyl sites for hydroxylation is 1. The second-order valence-electron chi connectivity index (χ2n) is 6.71. The summed E-state index contributed by atoms with van der Waals surface area (Å²) in [7, 11) is -2.05. The van der Waals surface area contributed by atoms with Gasteiger partial charge in [-0.05, 0) is 25.1 Å². The van der Waals surface area contributed by atoms with Gasteiger partial charge in [0.15, 0.2) is 5.82 Å². The Balaban J connectivity index is 1.48. The van der Waals surface area contributed by atoms with Gasteiger partial charge < -0.3 is 9.64 Å². The molecule has 10 heteroatoms. The molecule has 1 aliphatic rings. The molecule has 4 rings (SSSR count). The molecule has 0 N–H and O–H groups in total. The molecule has 0 unspecified atom stereocenters. The van der Waals surface area contributed by atoms with Crippen molar-refractivity contribution in [1.29, 1.82) is 0 Å². The highest BCUT2D eigenvalue weighted by Gasteiger charge is 2.29. The van der Waals surface area contributed by atoms with E-state index in [1.165, 1.54) is 17.7 Å². The number of piperazine rings is 1. The highest BCUT2D eigenvalue weighted by atomic mass is 32.2. The minimum absolute atomic E-state index is 0.240. The van der Waals surface area contributed by atoms with Crippen molar-refractivity contribution in [3.8, 4) is 11.6 Å². The Kier molecular flexibility index (Phi) is 5.20. The van der Waals surface area contributed by atoms with Gasteiger partial charge in [-0.2, -0.15) is 9.40 Å². The van der Waals surface area contributed by atoms with E-state index in [9.17, 15) is 8.42 Å². The number of aromatic nitrogens is 4. The Labute approximate surface area is 169 Å². The second-order valence-corrected chi connectivity index (χ2v) is 8.64. The second kappa shape index (κ2) is 7.80. The molecule has 0 spiro atoms. The summed E-state index contributed by atoms with van der Waals surface area (Å²) in [6, 6.07) is 10.3. The Bertz CT molecular complexity index is 1110. The molecule has 152 valence electrons. The molecule has 0 amide bonds. The number of benzene rings is 1. The van der Waals surface area contributed by atoms with Crippen LogP contribution in [0, 0.1) is 6.92 Å². The summed E-state index contributed by atoms with van der Waals surface area (Å²) < 4.78 is 34.3. The van der Waals surface area contributed by atoms with Gasteiger partial charge in [-0.1, -0.05) is 6.07 Å². The maximum atomic E-state index is 13.0. The Morgan fingerprint density at radius 2 is 1.76 bits per heavy atom. The maximum absolute atomic E-state index is 13.0. The number of sulfonamides is 1. The predicted molar refractivity (Wildman–Crippen MR) is 108 cm³/mol. The number of anilines is 1. The molecule has 0 atom stereocenters. The van der Waals surface area contributed by atoms with Crippen LogP contribution in [0.1, 0.15) is 5.69 Å². The molecule has 3 aromatic rings. The van der Waals surface area contributed by atoms with E-state index in [0.717, 1.165) is 11.5 Å². The molecule has 0 bridgehead atoms. The number of ether oxygens (including phenoxy) is 1. The van der Waals surface area contributed by atoms with Crippen molar-refractivity contribution in [1.82, 2.24) is 24.1 Å². The van der Waals surface area contributed by atoms with Crippen LogP contribution in [0.4, 0.5) is 5.82 Å². The zero-order chi connectivity index (χ0) is 20.4. The third-order valence-corrected chi connectivity index (χ3v) is 6.73. The van der Waals surface area contributed by atoms with Gasteiger partial charge >= 0.3 is 0 Å². The van der Waals surface area contributed by atoms with Crippen LogP contribution in [0.15, 0.2) is 53.8 Å². The Hall–Kier alpha value is -2.98. The first-order valence-electron chi connectivity index (χ1n) is 9.21. The molecule has 2 aromatic heterocycles. The number of hydrogen-bond donors (Lipinski definition) is 0. The Morgan fingerprint density at radius 1 is 1.00 bits per heavy atom. The zero-order valence-electron chi connectivity index (χ0n) is 16.3. The molecule has 1 aliphatic heterocycles. The summed E-state index contributed by atoms with van der Waals surface area (Å²) in [5.74, 6) is 1.95. The molecule has 0 aliphatic carbocycles. The first-order valence-corrected chi connectivity index (χ1v) is 10.7. The van der Waals surface area contributed by atoms with Gasteiger partial charge in [0.1, 0.15) is 17.9 Å². The van der Waals surface area contributed by atoms with Crippen LogP contribution in [-0.4, -0.2) is 65.8 Å². The largest absolute Gasteiger partial charge is 0.497 e. The summed E-state index contributed by atoms with van der Waals surface area (Å²) in [6.45, 7) is 3.75. The average molecular weight is 414 g/mol. The van der Waals surface area contributed by atoms with Crippen molar-refractivity contribution < 1.29 is 13.2 Å². The highest BCUT2D eigenvalue weighted by molar-refractivity contribution is 7.89. The van der Waals surface area contributed by atoms with Crippen molar-refractivity contribution in [2.24, 2.45) is 0 Å². The topological polar surface area (TPSA) is 93.5 Å². The Morgan fingerprint density at radius 3 is 2.45 bits per heavy atom. The van der Waals surface area contributed by atoms with Gasteiger partial charge in [0.05, 0.1) is 17.7 Å². The lowest BCUT2D eigenvalue weighted by atomic mass is 10.3. The fourth-order valence-electron chi connectivity index (χ4n) is 3.25. The molecule has 0 saturated carbocycles. The highest BCUT2D eigenvalue weighted by Crippen LogP contribution is 2.23. The lowest BCUT2D eigenvalue weighted by Gasteiger charge is -2.34. The number of nitrogens with zero attached hydrogens (tertiary/aromatic N) is 6. The summed E-state index contributed by atoms with van der Waals surface area (Å²) >= 11 is 0. The first-order chi connectivity index (χ1) is 14.0. The lowest BCUT2D eigenvalue weighted by molar-refractivity contribution is 0.382. The summed E-state index contributed by atoms with van der Waals surface area (Å²) in [6.07, 6.45) is 3.35. The lowest BCUT2D eigenvalue weighted by Crippen LogP contribution is -2.48. The predicted octanol–water partition coefficient (Wildman–Crippen LogP) is 1.49. The number of rotatable bonds is 5. The van der Waals surface area contributed by atoms with Crippen LogP contribution in [0.25, 0.3) is 5.82 Å². The minimum Gasteiger partial charge on any atom is -0.497 e. The van der Waals surface area contributed by atoms with E-state index in [4.69, 9.17) is 4.74 Å². The van der Waals surface area contributed by atoms with E-state index in [1.807, 2.05) is 25.3 Å². The quantitative estimate of drug-likeness (QED) is 0.624. The molecule has 9 nitrogen and oxygen atoms in total. The van der Waals surface area contributed by atoms with Crippen molar-refractivity contribution in [3.05, 3.63) is 54.6 Å². The van der Waals surface area contributed by atoms with E-state index >= 15 is 0 Å². The van der Waals surface area contributed by atoms with Crippen LogP contribution < -0.4 is 9.64 Å². The van der Waals surface area contributed by atoms with Gasteiger partial charge in [-0.3, -0.25) is 0 Å². The summed E-state index contributed by atoms with van der Waals surface area (Å²) in [5.41, 5.74) is 0.904. The van der Waals surface area contributed by atoms with Crippen molar-refractivity contribution in [3.63, 3.8) is 0 Å². The van der Waals surface area contributed by atoms with E-state index in [-0.39, 0.29) is 4.90 Å². The van der Waals surface area contributed by atoms with Gasteiger partial charge in [0.25, 0.3) is 0 Å². The fraction of sp³-hybridized carbons (Fsp3) is 0.316. The summed E-state index contributed by atoms with van der Waals surface area (Å²) in [5, 5.41) is 4.37. The monoisotopic (exact) mass is 414 g/mol. The molecular formula is C19H22N6O3S. The molecule has 3 heterocycles. The van der Waals surface area contributed by atoms with E-state index in [0.29, 0.717) is 37.7 Å². The van der Waals surface area contributed by atoms with Gasteiger partial charge in [-0.15, -0.1) is 0 Å². The minimum atomic E-state index is -3.57. The third kappa shape index (κ3) is 3.94. The van der Waals surface area contributed by atoms with E-state index in [2.05, 4.69) is 20.0 Å². The smallest absolute Gasteiger partial charge is 0.243 e. The molecule has 1 saturated heterocycles. The van der Waals surface area contributed by atoms with Gasteiger partial charge in [0.2, 0.25) is 10.0 Å². The number of methoxy groups -OCH3 is 1. The van der Waals surface area contributed by atoms with E-state index < -0.39 is 10.0 Å². The van der Waals surface area contributed by atoms with Gasteiger partial charge in [0, 0.05) is 44.5 Å². The maximum Gasteiger partial charge on any atom is 0.243 e. The molecule has 1 aromatic carbocycles. The molecular weight excluding hydrogens is 392 g/mol. The van der Waals surface area contributed by atoms with Crippen LogP contribution in [0.2, 0.25) is 0 Å². The average Bonchev–Trinajstić information content (AvgIpc) is 3.20. The van der Waals surface area contributed by atoms with Crippen LogP contribution in [0.3, 0.4) is 0 Å². The zero-order valence-corrected chi connectivity index (χ0v) is 17.1. The van der Waals surface area contributed by atoms with Crippen LogP contribution >= 0.6 is 0 Å². The molecule has 29 heavy (non-hydrogen) atoms. The van der Waals surface area contributed by atoms with E-state index in [1.54, 1.807) is 28.9 Å². The molecule has 0 radical (unpaired) electrons. The van der Waals surface area contributed by atoms with Gasteiger partial charge in [-0.25, -0.2) is 23.1 Å². The number of hydrogen-bond acceptors (Lipinski definition) is 7. The first kappa shape index (κ1) is 19.3. The summed E-state index contributed by atoms with van der Waals surface area (Å²) in [4.78, 5) is 10.9. The van der Waals surface area contributed by atoms with Crippen LogP contribution in [0.5, 0.6) is 5.75 Å². The standard InChI is InChI=1S/C19H22N6O3S/c1-15-6-7-25(22-15)19-13-18(20-14-21-19)23-8-10-24(11-9-23)29(26,27)17-5-3-4-16(12-17)28-2/h3-7,12-14H,8-11H2,1-2H3. The van der Waals surface area contributed by atoms with Crippen LogP contribution in [-0.2, 0) is 10.0 Å². The normalized spacial score (nSPS) is 15.4. The molecule has 1 fully saturated rings.